The lowest BCUT2D eigenvalue weighted by Gasteiger charge is -1.96. The second-order valence-electron chi connectivity index (χ2n) is 4.58. The van der Waals surface area contributed by atoms with E-state index < -0.39 is 0 Å². The van der Waals surface area contributed by atoms with Gasteiger partial charge < -0.3 is 5.73 Å². The summed E-state index contributed by atoms with van der Waals surface area (Å²) >= 11 is 0. The van der Waals surface area contributed by atoms with Crippen LogP contribution in [0.25, 0.3) is 0 Å². The van der Waals surface area contributed by atoms with Gasteiger partial charge in [-0.1, -0.05) is 55.0 Å². The maximum atomic E-state index is 5.42. The van der Waals surface area contributed by atoms with Gasteiger partial charge in [0.05, 0.1) is 0 Å². The summed E-state index contributed by atoms with van der Waals surface area (Å²) in [5, 5.41) is 0. The van der Waals surface area contributed by atoms with Gasteiger partial charge in [-0.25, -0.2) is 0 Å². The van der Waals surface area contributed by atoms with E-state index in [9.17, 15) is 0 Å². The second-order valence-corrected chi connectivity index (χ2v) is 4.58. The number of allylic oxidation sites excluding steroid dienone is 8. The molecule has 0 aromatic heterocycles. The summed E-state index contributed by atoms with van der Waals surface area (Å²) < 4.78 is 0. The van der Waals surface area contributed by atoms with Gasteiger partial charge in [-0.05, 0) is 45.6 Å². The Morgan fingerprint density at radius 2 is 1.67 bits per heavy atom. The van der Waals surface area contributed by atoms with Crippen molar-refractivity contribution >= 4 is 0 Å². The largest absolute Gasteiger partial charge is 0.399 e. The minimum atomic E-state index is 0.583. The summed E-state index contributed by atoms with van der Waals surface area (Å²) in [5.41, 5.74) is 8.79. The molecule has 0 spiro atoms. The van der Waals surface area contributed by atoms with E-state index in [1.165, 1.54) is 24.0 Å². The Balaban J connectivity index is 3.88. The van der Waals surface area contributed by atoms with E-state index in [0.29, 0.717) is 5.70 Å². The van der Waals surface area contributed by atoms with Crippen molar-refractivity contribution in [2.45, 2.75) is 46.5 Å². The highest BCUT2D eigenvalue weighted by molar-refractivity contribution is 5.23. The highest BCUT2D eigenvalue weighted by Crippen LogP contribution is 2.06. The molecule has 0 saturated heterocycles. The van der Waals surface area contributed by atoms with Crippen molar-refractivity contribution in [2.24, 2.45) is 5.73 Å². The van der Waals surface area contributed by atoms with Crippen molar-refractivity contribution in [1.29, 1.82) is 0 Å². The predicted molar refractivity (Wildman–Crippen MR) is 83.3 cm³/mol. The molecule has 0 aliphatic rings. The van der Waals surface area contributed by atoms with Crippen LogP contribution >= 0.6 is 0 Å². The molecule has 0 fully saturated rings. The molecule has 1 nitrogen and oxygen atoms in total. The second kappa shape index (κ2) is 10.6. The van der Waals surface area contributed by atoms with Crippen LogP contribution in [-0.4, -0.2) is 0 Å². The van der Waals surface area contributed by atoms with Crippen LogP contribution in [0.15, 0.2) is 59.9 Å². The fraction of sp³-hybridized carbons (Fsp3) is 0.412. The Morgan fingerprint density at radius 1 is 1.06 bits per heavy atom. The van der Waals surface area contributed by atoms with Gasteiger partial charge in [0, 0.05) is 5.70 Å². The maximum absolute atomic E-state index is 5.42. The summed E-state index contributed by atoms with van der Waals surface area (Å²) in [6.07, 6.45) is 17.1. The summed E-state index contributed by atoms with van der Waals surface area (Å²) in [4.78, 5) is 0. The SMILES string of the molecule is C=C(N)\C=C/C=C\C(C)=C\CCC/C=C(/C)CC. The molecule has 0 bridgehead atoms. The van der Waals surface area contributed by atoms with Crippen LogP contribution in [0.4, 0.5) is 0 Å². The van der Waals surface area contributed by atoms with Gasteiger partial charge in [0.25, 0.3) is 0 Å². The van der Waals surface area contributed by atoms with Gasteiger partial charge in [-0.2, -0.15) is 0 Å². The van der Waals surface area contributed by atoms with Crippen LogP contribution in [0.2, 0.25) is 0 Å². The third-order valence-electron chi connectivity index (χ3n) is 2.71. The van der Waals surface area contributed by atoms with Crippen LogP contribution in [-0.2, 0) is 0 Å². The Bertz CT molecular complexity index is 354. The minimum Gasteiger partial charge on any atom is -0.399 e. The monoisotopic (exact) mass is 245 g/mol. The number of hydrogen-bond donors (Lipinski definition) is 1. The molecule has 1 heteroatoms. The lowest BCUT2D eigenvalue weighted by molar-refractivity contribution is 0.853. The van der Waals surface area contributed by atoms with Gasteiger partial charge in [0.1, 0.15) is 0 Å². The molecule has 0 heterocycles. The van der Waals surface area contributed by atoms with E-state index in [2.05, 4.69) is 45.6 Å². The Labute approximate surface area is 112 Å². The molecule has 0 amide bonds. The summed E-state index contributed by atoms with van der Waals surface area (Å²) in [5.74, 6) is 0. The minimum absolute atomic E-state index is 0.583. The van der Waals surface area contributed by atoms with E-state index in [1.807, 2.05) is 12.2 Å². The van der Waals surface area contributed by atoms with E-state index in [-0.39, 0.29) is 0 Å². The summed E-state index contributed by atoms with van der Waals surface area (Å²) in [6, 6.07) is 0. The molecule has 0 atom stereocenters. The first-order valence-corrected chi connectivity index (χ1v) is 6.67. The highest BCUT2D eigenvalue weighted by Gasteiger charge is 1.86. The fourth-order valence-electron chi connectivity index (χ4n) is 1.39. The lowest BCUT2D eigenvalue weighted by atomic mass is 10.1. The molecule has 0 aliphatic carbocycles. The smallest absolute Gasteiger partial charge is 0.0240 e. The molecule has 100 valence electrons. The first-order chi connectivity index (χ1) is 8.56. The first-order valence-electron chi connectivity index (χ1n) is 6.67. The molecule has 0 rings (SSSR count). The quantitative estimate of drug-likeness (QED) is 0.362. The number of rotatable bonds is 8. The number of unbranched alkanes of at least 4 members (excludes halogenated alkanes) is 2. The van der Waals surface area contributed by atoms with Crippen molar-refractivity contribution in [1.82, 2.24) is 0 Å². The zero-order chi connectivity index (χ0) is 13.8. The first kappa shape index (κ1) is 16.5. The van der Waals surface area contributed by atoms with Crippen LogP contribution in [0, 0.1) is 0 Å². The third kappa shape index (κ3) is 11.0. The molecule has 0 saturated carbocycles. The lowest BCUT2D eigenvalue weighted by Crippen LogP contribution is -1.87. The third-order valence-corrected chi connectivity index (χ3v) is 2.71. The van der Waals surface area contributed by atoms with Gasteiger partial charge in [-0.3, -0.25) is 0 Å². The zero-order valence-electron chi connectivity index (χ0n) is 12.1. The molecule has 0 radical (unpaired) electrons. The van der Waals surface area contributed by atoms with Crippen molar-refractivity contribution < 1.29 is 0 Å². The molecule has 2 N–H and O–H groups in total. The van der Waals surface area contributed by atoms with E-state index >= 15 is 0 Å². The van der Waals surface area contributed by atoms with Gasteiger partial charge >= 0.3 is 0 Å². The predicted octanol–water partition coefficient (Wildman–Crippen LogP) is 5.04. The van der Waals surface area contributed by atoms with Gasteiger partial charge in [0.2, 0.25) is 0 Å². The topological polar surface area (TPSA) is 26.0 Å². The maximum Gasteiger partial charge on any atom is 0.0240 e. The average molecular weight is 245 g/mol. The van der Waals surface area contributed by atoms with E-state index in [4.69, 9.17) is 5.73 Å². The van der Waals surface area contributed by atoms with Gasteiger partial charge in [0.15, 0.2) is 0 Å². The molecular weight excluding hydrogens is 218 g/mol. The average Bonchev–Trinajstić information content (AvgIpc) is 2.33. The Morgan fingerprint density at radius 3 is 2.28 bits per heavy atom. The molecule has 18 heavy (non-hydrogen) atoms. The standard InChI is InChI=1S/C17H27N/c1-5-15(2)11-7-6-8-12-16(3)13-9-10-14-17(4)18/h9-14H,4-8,18H2,1-3H3/b13-9-,14-10-,15-11-,16-12+. The fourth-order valence-corrected chi connectivity index (χ4v) is 1.39. The molecule has 0 aromatic rings. The number of nitrogens with two attached hydrogens (primary N) is 1. The Kier molecular flexibility index (Phi) is 9.75. The summed E-state index contributed by atoms with van der Waals surface area (Å²) in [7, 11) is 0. The molecular formula is C17H27N. The molecule has 0 aromatic carbocycles. The number of hydrogen-bond acceptors (Lipinski definition) is 1. The highest BCUT2D eigenvalue weighted by atomic mass is 14.5. The van der Waals surface area contributed by atoms with E-state index in [1.54, 1.807) is 6.08 Å². The van der Waals surface area contributed by atoms with Gasteiger partial charge in [-0.15, -0.1) is 0 Å². The zero-order valence-corrected chi connectivity index (χ0v) is 12.1. The Hall–Kier alpha value is -1.50. The molecule has 0 aliphatic heterocycles. The van der Waals surface area contributed by atoms with Crippen molar-refractivity contribution in [3.63, 3.8) is 0 Å². The van der Waals surface area contributed by atoms with Crippen LogP contribution in [0.1, 0.15) is 46.5 Å². The normalized spacial score (nSPS) is 13.7. The van der Waals surface area contributed by atoms with Crippen molar-refractivity contribution in [2.75, 3.05) is 0 Å². The van der Waals surface area contributed by atoms with Crippen LogP contribution in [0.3, 0.4) is 0 Å². The van der Waals surface area contributed by atoms with Crippen molar-refractivity contribution in [3.05, 3.63) is 59.9 Å². The van der Waals surface area contributed by atoms with Crippen LogP contribution in [0.5, 0.6) is 0 Å². The molecule has 0 unspecified atom stereocenters. The van der Waals surface area contributed by atoms with Crippen LogP contribution < -0.4 is 5.73 Å². The van der Waals surface area contributed by atoms with Crippen molar-refractivity contribution in [3.8, 4) is 0 Å². The van der Waals surface area contributed by atoms with E-state index in [0.717, 1.165) is 12.8 Å². The summed E-state index contributed by atoms with van der Waals surface area (Å²) in [6.45, 7) is 10.1.